The molecule has 0 radical (unpaired) electrons. The predicted octanol–water partition coefficient (Wildman–Crippen LogP) is 4.21. The molecule has 2 amide bonds. The number of likely N-dealkylation sites (N-methyl/N-ethyl adjacent to an activating group) is 1. The third-order valence-corrected chi connectivity index (χ3v) is 6.98. The van der Waals surface area contributed by atoms with Gasteiger partial charge in [0.25, 0.3) is 0 Å². The van der Waals surface area contributed by atoms with Crippen LogP contribution in [-0.4, -0.2) is 67.3 Å². The standard InChI is InChI=1S/C28H38N6O3/c1-27(2,3)32-26(35)34-14-12-28(13-15-34,19-10-8-7-9-11-19)18-33(4)25-30-21-17-23(37-6)22(36-5)16-20(21)24(29)31-25/h7-11,16-17H,12-15,18H2,1-6H3,(H,32,35)(H2,29,30,31). The number of amides is 2. The summed E-state index contributed by atoms with van der Waals surface area (Å²) in [6.07, 6.45) is 1.65. The molecule has 9 heteroatoms. The fourth-order valence-corrected chi connectivity index (χ4v) is 5.03. The van der Waals surface area contributed by atoms with Crippen LogP contribution in [0.3, 0.4) is 0 Å². The number of methoxy groups -OCH3 is 2. The molecule has 0 bridgehead atoms. The van der Waals surface area contributed by atoms with Gasteiger partial charge in [0, 0.05) is 49.1 Å². The highest BCUT2D eigenvalue weighted by Gasteiger charge is 2.39. The van der Waals surface area contributed by atoms with Crippen molar-refractivity contribution >= 4 is 28.7 Å². The molecular formula is C28H38N6O3. The highest BCUT2D eigenvalue weighted by molar-refractivity contribution is 5.91. The first-order valence-electron chi connectivity index (χ1n) is 12.6. The number of nitrogen functional groups attached to an aromatic ring is 1. The Morgan fingerprint density at radius 3 is 2.30 bits per heavy atom. The summed E-state index contributed by atoms with van der Waals surface area (Å²) in [7, 11) is 5.17. The molecule has 1 fully saturated rings. The maximum atomic E-state index is 12.8. The molecule has 9 nitrogen and oxygen atoms in total. The minimum absolute atomic E-state index is 0.0162. The number of urea groups is 1. The third kappa shape index (κ3) is 5.65. The maximum absolute atomic E-state index is 12.8. The molecule has 198 valence electrons. The van der Waals surface area contributed by atoms with Gasteiger partial charge in [0.05, 0.1) is 19.7 Å². The van der Waals surface area contributed by atoms with Crippen LogP contribution in [0.4, 0.5) is 16.6 Å². The van der Waals surface area contributed by atoms with Gasteiger partial charge >= 0.3 is 6.03 Å². The Labute approximate surface area is 219 Å². The molecule has 4 rings (SSSR count). The normalized spacial score (nSPS) is 15.4. The number of nitrogens with zero attached hydrogens (tertiary/aromatic N) is 4. The molecule has 0 saturated carbocycles. The summed E-state index contributed by atoms with van der Waals surface area (Å²) in [5.74, 6) is 2.09. The number of benzene rings is 2. The van der Waals surface area contributed by atoms with Crippen LogP contribution in [0.1, 0.15) is 39.2 Å². The number of carbonyl (C=O) groups excluding carboxylic acids is 1. The van der Waals surface area contributed by atoms with Crippen molar-refractivity contribution in [1.29, 1.82) is 0 Å². The summed E-state index contributed by atoms with van der Waals surface area (Å²) in [5.41, 5.74) is 7.86. The highest BCUT2D eigenvalue weighted by atomic mass is 16.5. The molecule has 1 aromatic heterocycles. The van der Waals surface area contributed by atoms with E-state index in [2.05, 4.69) is 39.5 Å². The second-order valence-electron chi connectivity index (χ2n) is 10.8. The van der Waals surface area contributed by atoms with Crippen LogP contribution in [0.5, 0.6) is 11.5 Å². The lowest BCUT2D eigenvalue weighted by Gasteiger charge is -2.44. The Morgan fingerprint density at radius 1 is 1.08 bits per heavy atom. The quantitative estimate of drug-likeness (QED) is 0.516. The number of anilines is 2. The van der Waals surface area contributed by atoms with E-state index in [-0.39, 0.29) is 17.0 Å². The topological polar surface area (TPSA) is 106 Å². The number of nitrogens with one attached hydrogen (secondary N) is 1. The summed E-state index contributed by atoms with van der Waals surface area (Å²) in [5, 5.41) is 3.80. The molecule has 0 atom stereocenters. The van der Waals surface area contributed by atoms with Crippen molar-refractivity contribution in [3.63, 3.8) is 0 Å². The number of carbonyl (C=O) groups is 1. The van der Waals surface area contributed by atoms with Gasteiger partial charge < -0.3 is 30.3 Å². The zero-order valence-corrected chi connectivity index (χ0v) is 22.7. The summed E-state index contributed by atoms with van der Waals surface area (Å²) >= 11 is 0. The van der Waals surface area contributed by atoms with Crippen LogP contribution in [0.2, 0.25) is 0 Å². The lowest BCUT2D eigenvalue weighted by atomic mass is 9.72. The van der Waals surface area contributed by atoms with E-state index >= 15 is 0 Å². The van der Waals surface area contributed by atoms with E-state index in [1.54, 1.807) is 20.3 Å². The minimum Gasteiger partial charge on any atom is -0.493 e. The molecule has 0 spiro atoms. The molecule has 1 aliphatic rings. The second kappa shape index (κ2) is 10.3. The fraction of sp³-hybridized carbons (Fsp3) is 0.464. The minimum atomic E-state index is -0.273. The Balaban J connectivity index is 1.62. The first-order valence-corrected chi connectivity index (χ1v) is 12.6. The molecule has 1 aliphatic heterocycles. The van der Waals surface area contributed by atoms with E-state index in [9.17, 15) is 4.79 Å². The van der Waals surface area contributed by atoms with E-state index in [1.165, 1.54) is 5.56 Å². The highest BCUT2D eigenvalue weighted by Crippen LogP contribution is 2.38. The Hall–Kier alpha value is -3.75. The summed E-state index contributed by atoms with van der Waals surface area (Å²) in [6, 6.07) is 14.1. The van der Waals surface area contributed by atoms with Crippen molar-refractivity contribution in [2.24, 2.45) is 0 Å². The second-order valence-corrected chi connectivity index (χ2v) is 10.8. The van der Waals surface area contributed by atoms with E-state index in [0.717, 1.165) is 12.8 Å². The molecule has 37 heavy (non-hydrogen) atoms. The summed E-state index contributed by atoms with van der Waals surface area (Å²) in [4.78, 5) is 26.2. The van der Waals surface area contributed by atoms with Crippen LogP contribution in [0.15, 0.2) is 42.5 Å². The number of aromatic nitrogens is 2. The lowest BCUT2D eigenvalue weighted by Crippen LogP contribution is -2.54. The smallest absolute Gasteiger partial charge is 0.317 e. The van der Waals surface area contributed by atoms with Crippen LogP contribution < -0.4 is 25.4 Å². The first-order chi connectivity index (χ1) is 17.5. The van der Waals surface area contributed by atoms with Crippen molar-refractivity contribution < 1.29 is 14.3 Å². The van der Waals surface area contributed by atoms with Gasteiger partial charge in [-0.05, 0) is 45.2 Å². The summed E-state index contributed by atoms with van der Waals surface area (Å²) in [6.45, 7) is 8.02. The monoisotopic (exact) mass is 506 g/mol. The van der Waals surface area contributed by atoms with Crippen LogP contribution in [0, 0.1) is 0 Å². The van der Waals surface area contributed by atoms with Gasteiger partial charge in [-0.15, -0.1) is 0 Å². The van der Waals surface area contributed by atoms with Gasteiger partial charge in [-0.3, -0.25) is 0 Å². The number of hydrogen-bond acceptors (Lipinski definition) is 7. The van der Waals surface area contributed by atoms with Gasteiger partial charge in [0.15, 0.2) is 11.5 Å². The van der Waals surface area contributed by atoms with Gasteiger partial charge in [-0.1, -0.05) is 30.3 Å². The fourth-order valence-electron chi connectivity index (χ4n) is 5.03. The Bertz CT molecular complexity index is 1250. The maximum Gasteiger partial charge on any atom is 0.317 e. The number of rotatable bonds is 6. The van der Waals surface area contributed by atoms with Crippen LogP contribution >= 0.6 is 0 Å². The SMILES string of the molecule is COc1cc2nc(N(C)CC3(c4ccccc4)CCN(C(=O)NC(C)(C)C)CC3)nc(N)c2cc1OC. The molecule has 0 aliphatic carbocycles. The summed E-state index contributed by atoms with van der Waals surface area (Å²) < 4.78 is 10.9. The molecule has 3 aromatic rings. The average Bonchev–Trinajstić information content (AvgIpc) is 2.87. The number of likely N-dealkylation sites (tertiary alicyclic amines) is 1. The van der Waals surface area contributed by atoms with E-state index in [1.807, 2.05) is 44.9 Å². The Morgan fingerprint density at radius 2 is 1.70 bits per heavy atom. The van der Waals surface area contributed by atoms with Gasteiger partial charge in [-0.25, -0.2) is 9.78 Å². The van der Waals surface area contributed by atoms with Crippen LogP contribution in [-0.2, 0) is 5.41 Å². The van der Waals surface area contributed by atoms with E-state index < -0.39 is 0 Å². The average molecular weight is 507 g/mol. The van der Waals surface area contributed by atoms with Gasteiger partial charge in [0.1, 0.15) is 5.82 Å². The number of piperidine rings is 1. The van der Waals surface area contributed by atoms with Crippen molar-refractivity contribution in [3.8, 4) is 11.5 Å². The van der Waals surface area contributed by atoms with E-state index in [0.29, 0.717) is 53.8 Å². The molecule has 2 aromatic carbocycles. The molecule has 3 N–H and O–H groups in total. The molecule has 2 heterocycles. The number of fused-ring (bicyclic) bond motifs is 1. The van der Waals surface area contributed by atoms with Crippen molar-refractivity contribution in [3.05, 3.63) is 48.0 Å². The van der Waals surface area contributed by atoms with E-state index in [4.69, 9.17) is 20.2 Å². The first kappa shape index (κ1) is 26.3. The largest absolute Gasteiger partial charge is 0.493 e. The lowest BCUT2D eigenvalue weighted by molar-refractivity contribution is 0.152. The van der Waals surface area contributed by atoms with Crippen molar-refractivity contribution in [2.45, 2.75) is 44.6 Å². The number of nitrogens with two attached hydrogens (primary N) is 1. The number of ether oxygens (including phenoxy) is 2. The third-order valence-electron chi connectivity index (χ3n) is 6.98. The van der Waals surface area contributed by atoms with Gasteiger partial charge in [-0.2, -0.15) is 4.98 Å². The Kier molecular flexibility index (Phi) is 7.34. The van der Waals surface area contributed by atoms with Crippen molar-refractivity contribution in [2.75, 3.05) is 51.5 Å². The zero-order valence-electron chi connectivity index (χ0n) is 22.7. The van der Waals surface area contributed by atoms with Crippen molar-refractivity contribution in [1.82, 2.24) is 20.2 Å². The predicted molar refractivity (Wildman–Crippen MR) is 148 cm³/mol. The molecule has 0 unspecified atom stereocenters. The zero-order chi connectivity index (χ0) is 26.8. The molecular weight excluding hydrogens is 468 g/mol. The molecule has 1 saturated heterocycles. The number of hydrogen-bond donors (Lipinski definition) is 2. The van der Waals surface area contributed by atoms with Gasteiger partial charge in [0.2, 0.25) is 5.95 Å². The van der Waals surface area contributed by atoms with Crippen LogP contribution in [0.25, 0.3) is 10.9 Å².